The lowest BCUT2D eigenvalue weighted by Gasteiger charge is -2.34. The van der Waals surface area contributed by atoms with Gasteiger partial charge in [-0.2, -0.15) is 18.2 Å². The van der Waals surface area contributed by atoms with Gasteiger partial charge in [-0.3, -0.25) is 4.90 Å². The Bertz CT molecular complexity index is 889. The molecule has 0 bridgehead atoms. The van der Waals surface area contributed by atoms with E-state index in [4.69, 9.17) is 4.74 Å². The zero-order valence-electron chi connectivity index (χ0n) is 15.3. The normalized spacial score (nSPS) is 25.2. The van der Waals surface area contributed by atoms with Crippen molar-refractivity contribution in [3.05, 3.63) is 58.8 Å². The van der Waals surface area contributed by atoms with E-state index in [0.717, 1.165) is 16.7 Å². The number of ether oxygens (including phenoxy) is 1. The van der Waals surface area contributed by atoms with Crippen molar-refractivity contribution in [2.45, 2.75) is 31.7 Å². The molecule has 1 aliphatic carbocycles. The van der Waals surface area contributed by atoms with E-state index in [9.17, 15) is 18.0 Å². The second-order valence-corrected chi connectivity index (χ2v) is 7.16. The van der Waals surface area contributed by atoms with Crippen molar-refractivity contribution in [3.8, 4) is 0 Å². The van der Waals surface area contributed by atoms with E-state index in [0.29, 0.717) is 24.5 Å². The largest absolute Gasteiger partial charge is 0.415 e. The Balaban J connectivity index is 1.53. The molecule has 5 nitrogen and oxygen atoms in total. The van der Waals surface area contributed by atoms with E-state index in [1.54, 1.807) is 4.90 Å². The van der Waals surface area contributed by atoms with Gasteiger partial charge in [-0.15, -0.1) is 0 Å². The number of aliphatic imine (C=N–C) groups is 1. The van der Waals surface area contributed by atoms with Gasteiger partial charge >= 0.3 is 12.2 Å². The molecule has 2 unspecified atom stereocenters. The Hall–Kier alpha value is -2.45. The van der Waals surface area contributed by atoms with E-state index in [-0.39, 0.29) is 25.1 Å². The van der Waals surface area contributed by atoms with Crippen LogP contribution in [0.15, 0.2) is 47.1 Å². The number of nitrogens with one attached hydrogen (secondary N) is 1. The molecule has 2 aliphatic heterocycles. The maximum absolute atomic E-state index is 13.0. The summed E-state index contributed by atoms with van der Waals surface area (Å²) in [7, 11) is 0. The SMILES string of the molecule is Cc1c(CN2CCOC(C(F)(F)F)C2)cccc1C1C=CC2=NC(=O)NC2=C1. The summed E-state index contributed by atoms with van der Waals surface area (Å²) in [6, 6.07) is 5.49. The third-order valence-corrected chi connectivity index (χ3v) is 5.30. The molecule has 1 fully saturated rings. The van der Waals surface area contributed by atoms with Crippen LogP contribution in [-0.2, 0) is 11.3 Å². The first-order valence-electron chi connectivity index (χ1n) is 9.10. The zero-order chi connectivity index (χ0) is 19.9. The minimum Gasteiger partial charge on any atom is -0.366 e. The summed E-state index contributed by atoms with van der Waals surface area (Å²) in [4.78, 5) is 17.1. The molecule has 4 rings (SSSR count). The molecule has 0 aromatic heterocycles. The van der Waals surface area contributed by atoms with Gasteiger partial charge in [0.15, 0.2) is 6.10 Å². The Morgan fingerprint density at radius 2 is 2.18 bits per heavy atom. The molecule has 0 saturated carbocycles. The molecule has 3 aliphatic rings. The van der Waals surface area contributed by atoms with Crippen LogP contribution in [0.1, 0.15) is 22.6 Å². The molecule has 28 heavy (non-hydrogen) atoms. The quantitative estimate of drug-likeness (QED) is 0.859. The number of alkyl halides is 3. The molecule has 1 N–H and O–H groups in total. The molecule has 2 atom stereocenters. The van der Waals surface area contributed by atoms with Gasteiger partial charge in [0.25, 0.3) is 0 Å². The summed E-state index contributed by atoms with van der Waals surface area (Å²) in [6.07, 6.45) is -0.341. The highest BCUT2D eigenvalue weighted by atomic mass is 19.4. The number of rotatable bonds is 3. The molecule has 0 spiro atoms. The average Bonchev–Trinajstić information content (AvgIpc) is 3.02. The van der Waals surface area contributed by atoms with Crippen LogP contribution < -0.4 is 5.32 Å². The van der Waals surface area contributed by atoms with Crippen LogP contribution in [-0.4, -0.2) is 48.6 Å². The van der Waals surface area contributed by atoms with Gasteiger partial charge in [-0.1, -0.05) is 24.3 Å². The van der Waals surface area contributed by atoms with Crippen molar-refractivity contribution in [2.24, 2.45) is 4.99 Å². The van der Waals surface area contributed by atoms with Crippen LogP contribution in [0.3, 0.4) is 0 Å². The molecule has 2 heterocycles. The fourth-order valence-electron chi connectivity index (χ4n) is 3.78. The van der Waals surface area contributed by atoms with Crippen LogP contribution in [0.25, 0.3) is 0 Å². The number of carbonyl (C=O) groups is 1. The second-order valence-electron chi connectivity index (χ2n) is 7.16. The number of urea groups is 1. The maximum atomic E-state index is 13.0. The number of benzene rings is 1. The fourth-order valence-corrected chi connectivity index (χ4v) is 3.78. The van der Waals surface area contributed by atoms with Gasteiger partial charge in [-0.05, 0) is 35.8 Å². The fraction of sp³-hybridized carbons (Fsp3) is 0.400. The highest BCUT2D eigenvalue weighted by Gasteiger charge is 2.43. The lowest BCUT2D eigenvalue weighted by molar-refractivity contribution is -0.237. The van der Waals surface area contributed by atoms with Gasteiger partial charge < -0.3 is 10.1 Å². The first kappa shape index (κ1) is 18.9. The molecular formula is C20H20F3N3O2. The lowest BCUT2D eigenvalue weighted by atomic mass is 9.88. The Labute approximate surface area is 160 Å². The van der Waals surface area contributed by atoms with Crippen LogP contribution in [0, 0.1) is 6.92 Å². The molecule has 8 heteroatoms. The second kappa shape index (κ2) is 7.18. The van der Waals surface area contributed by atoms with Gasteiger partial charge in [0.05, 0.1) is 18.0 Å². The topological polar surface area (TPSA) is 53.9 Å². The van der Waals surface area contributed by atoms with E-state index < -0.39 is 12.3 Å². The minimum atomic E-state index is -4.35. The highest BCUT2D eigenvalue weighted by molar-refractivity contribution is 6.19. The number of fused-ring (bicyclic) bond motifs is 1. The number of halogens is 3. The first-order chi connectivity index (χ1) is 13.3. The molecule has 0 radical (unpaired) electrons. The van der Waals surface area contributed by atoms with Crippen molar-refractivity contribution in [2.75, 3.05) is 19.7 Å². The van der Waals surface area contributed by atoms with E-state index in [1.807, 2.05) is 43.4 Å². The van der Waals surface area contributed by atoms with Crippen molar-refractivity contribution in [1.29, 1.82) is 0 Å². The van der Waals surface area contributed by atoms with Crippen molar-refractivity contribution < 1.29 is 22.7 Å². The summed E-state index contributed by atoms with van der Waals surface area (Å²) < 4.78 is 43.8. The summed E-state index contributed by atoms with van der Waals surface area (Å²) in [5, 5.41) is 2.71. The molecule has 2 amide bonds. The molecule has 1 aromatic carbocycles. The average molecular weight is 391 g/mol. The van der Waals surface area contributed by atoms with E-state index in [1.165, 1.54) is 0 Å². The van der Waals surface area contributed by atoms with Gasteiger partial charge in [0.1, 0.15) is 0 Å². The molecule has 148 valence electrons. The summed E-state index contributed by atoms with van der Waals surface area (Å²) in [5.74, 6) is -0.0279. The maximum Gasteiger partial charge on any atom is 0.415 e. The van der Waals surface area contributed by atoms with E-state index in [2.05, 4.69) is 10.3 Å². The predicted molar refractivity (Wildman–Crippen MR) is 98.2 cm³/mol. The zero-order valence-corrected chi connectivity index (χ0v) is 15.3. The Morgan fingerprint density at radius 1 is 1.36 bits per heavy atom. The predicted octanol–water partition coefficient (Wildman–Crippen LogP) is 3.46. The third-order valence-electron chi connectivity index (χ3n) is 5.30. The number of allylic oxidation sites excluding steroid dienone is 3. The molecule has 1 aromatic rings. The van der Waals surface area contributed by atoms with Crippen molar-refractivity contribution in [1.82, 2.24) is 10.2 Å². The highest BCUT2D eigenvalue weighted by Crippen LogP contribution is 2.31. The number of hydrogen-bond acceptors (Lipinski definition) is 3. The number of nitrogens with zero attached hydrogens (tertiary/aromatic N) is 2. The van der Waals surface area contributed by atoms with Gasteiger partial charge in [0, 0.05) is 25.6 Å². The molecule has 1 saturated heterocycles. The summed E-state index contributed by atoms with van der Waals surface area (Å²) in [5.41, 5.74) is 4.41. The smallest absolute Gasteiger partial charge is 0.366 e. The van der Waals surface area contributed by atoms with Gasteiger partial charge in [-0.25, -0.2) is 4.79 Å². The monoisotopic (exact) mass is 391 g/mol. The van der Waals surface area contributed by atoms with Crippen molar-refractivity contribution >= 4 is 11.7 Å². The Morgan fingerprint density at radius 3 is 2.96 bits per heavy atom. The van der Waals surface area contributed by atoms with Crippen molar-refractivity contribution in [3.63, 3.8) is 0 Å². The van der Waals surface area contributed by atoms with Crippen LogP contribution in [0.5, 0.6) is 0 Å². The van der Waals surface area contributed by atoms with Crippen LogP contribution >= 0.6 is 0 Å². The Kier molecular flexibility index (Phi) is 4.84. The summed E-state index contributed by atoms with van der Waals surface area (Å²) in [6.45, 7) is 2.80. The molecular weight excluding hydrogens is 371 g/mol. The van der Waals surface area contributed by atoms with Crippen LogP contribution in [0.4, 0.5) is 18.0 Å². The lowest BCUT2D eigenvalue weighted by Crippen LogP contribution is -2.48. The first-order valence-corrected chi connectivity index (χ1v) is 9.10. The standard InChI is InChI=1S/C20H20F3N3O2/c1-12-14(10-26-7-8-28-18(11-26)20(21,22)23)3-2-4-15(12)13-5-6-16-17(9-13)25-19(27)24-16/h2-6,9,13,18H,7-8,10-11H2,1H3,(H,25,27). The van der Waals surface area contributed by atoms with Crippen LogP contribution in [0.2, 0.25) is 0 Å². The van der Waals surface area contributed by atoms with E-state index >= 15 is 0 Å². The number of amides is 2. The minimum absolute atomic E-state index is 0.0279. The number of morpholine rings is 1. The number of carbonyl (C=O) groups excluding carboxylic acids is 1. The summed E-state index contributed by atoms with van der Waals surface area (Å²) >= 11 is 0. The number of hydrogen-bond donors (Lipinski definition) is 1. The third kappa shape index (κ3) is 3.74. The van der Waals surface area contributed by atoms with Gasteiger partial charge in [0.2, 0.25) is 0 Å².